The molecule has 180 valence electrons. The van der Waals surface area contributed by atoms with Gasteiger partial charge in [0.05, 0.1) is 22.9 Å². The lowest BCUT2D eigenvalue weighted by Crippen LogP contribution is -2.28. The Morgan fingerprint density at radius 3 is 2.71 bits per heavy atom. The first kappa shape index (κ1) is 24.6. The van der Waals surface area contributed by atoms with Gasteiger partial charge in [-0.1, -0.05) is 22.9 Å². The molecule has 1 aromatic carbocycles. The van der Waals surface area contributed by atoms with Crippen LogP contribution in [0.25, 0.3) is 10.2 Å². The van der Waals surface area contributed by atoms with Gasteiger partial charge in [0.15, 0.2) is 14.6 Å². The lowest BCUT2D eigenvalue weighted by Gasteiger charge is -2.07. The highest BCUT2D eigenvalue weighted by molar-refractivity contribution is 7.92. The van der Waals surface area contributed by atoms with Gasteiger partial charge in [-0.25, -0.2) is 13.2 Å². The fourth-order valence-corrected chi connectivity index (χ4v) is 7.39. The maximum absolute atomic E-state index is 12.5. The van der Waals surface area contributed by atoms with Crippen molar-refractivity contribution in [2.45, 2.75) is 19.3 Å². The van der Waals surface area contributed by atoms with Gasteiger partial charge in [0.1, 0.15) is 16.5 Å². The number of hydrogen-bond donors (Lipinski definition) is 1. The number of ether oxygens (including phenoxy) is 1. The summed E-state index contributed by atoms with van der Waals surface area (Å²) in [5.74, 6) is -4.12. The van der Waals surface area contributed by atoms with Crippen LogP contribution in [-0.4, -0.2) is 49.4 Å². The molecule has 2 aromatic heterocycles. The lowest BCUT2D eigenvalue weighted by atomic mass is 10.1. The Balaban J connectivity index is 1.47. The van der Waals surface area contributed by atoms with E-state index in [0.29, 0.717) is 16.2 Å². The molecule has 0 spiro atoms. The van der Waals surface area contributed by atoms with Crippen LogP contribution in [0.4, 0.5) is 5.00 Å². The summed E-state index contributed by atoms with van der Waals surface area (Å²) in [5.41, 5.74) is 1.91. The van der Waals surface area contributed by atoms with Crippen LogP contribution in [0.15, 0.2) is 23.2 Å². The summed E-state index contributed by atoms with van der Waals surface area (Å²) in [5, 5.41) is 3.31. The molecule has 1 N–H and O–H groups in total. The summed E-state index contributed by atoms with van der Waals surface area (Å²) in [6, 6.07) is 5.22. The average molecular weight is 542 g/mol. The van der Waals surface area contributed by atoms with Crippen LogP contribution in [0.5, 0.6) is 0 Å². The number of anilines is 1. The molecular weight excluding hydrogens is 522 g/mol. The molecule has 0 unspecified atom stereocenters. The number of nitrogens with zero attached hydrogens (tertiary/aromatic N) is 2. The maximum atomic E-state index is 12.5. The third-order valence-corrected chi connectivity index (χ3v) is 9.18. The van der Waals surface area contributed by atoms with E-state index in [0.717, 1.165) is 33.5 Å². The molecule has 0 saturated carbocycles. The third kappa shape index (κ3) is 5.09. The molecule has 2 amide bonds. The number of aromatic nitrogens is 1. The number of rotatable bonds is 6. The molecule has 0 saturated heterocycles. The van der Waals surface area contributed by atoms with Crippen molar-refractivity contribution in [2.24, 2.45) is 12.0 Å². The molecule has 13 heteroatoms. The highest BCUT2D eigenvalue weighted by atomic mass is 35.5. The number of aryl methyl sites for hydroxylation is 2. The van der Waals surface area contributed by atoms with Crippen LogP contribution in [0.3, 0.4) is 0 Å². The number of thiazole rings is 1. The summed E-state index contributed by atoms with van der Waals surface area (Å²) >= 11 is 8.44. The minimum absolute atomic E-state index is 0.267. The second-order valence-corrected chi connectivity index (χ2v) is 12.3. The Morgan fingerprint density at radius 2 is 1.97 bits per heavy atom. The van der Waals surface area contributed by atoms with E-state index in [1.807, 2.05) is 0 Å². The molecule has 0 aliphatic heterocycles. The van der Waals surface area contributed by atoms with Gasteiger partial charge in [0, 0.05) is 16.9 Å². The topological polar surface area (TPSA) is 124 Å². The van der Waals surface area contributed by atoms with E-state index in [2.05, 4.69) is 10.3 Å². The predicted molar refractivity (Wildman–Crippen MR) is 131 cm³/mol. The third-order valence-electron chi connectivity index (χ3n) is 5.25. The minimum Gasteiger partial charge on any atom is -0.465 e. The number of esters is 1. The Morgan fingerprint density at radius 1 is 1.21 bits per heavy atom. The van der Waals surface area contributed by atoms with Crippen molar-refractivity contribution < 1.29 is 27.5 Å². The molecule has 0 radical (unpaired) electrons. The first-order valence-electron chi connectivity index (χ1n) is 10.1. The fourth-order valence-electron chi connectivity index (χ4n) is 3.77. The first-order chi connectivity index (χ1) is 16.1. The number of thiophene rings is 1. The Labute approximate surface area is 207 Å². The van der Waals surface area contributed by atoms with Crippen molar-refractivity contribution in [1.82, 2.24) is 4.57 Å². The summed E-state index contributed by atoms with van der Waals surface area (Å²) in [7, 11) is -1.14. The standard InChI is InChI=1S/C21H20ClN3O6S3/c1-25-13-7-6-11(22)8-15(13)33-21(25)24-17(27)10-34(29,30)9-16(26)23-19-18(20(28)31-2)12-4-3-5-14(12)32-19/h6-8H,3-5,9-10H2,1-2H3,(H,23,26). The Kier molecular flexibility index (Phi) is 6.94. The minimum atomic E-state index is -4.10. The van der Waals surface area contributed by atoms with Crippen molar-refractivity contribution in [3.63, 3.8) is 0 Å². The molecule has 0 fully saturated rings. The van der Waals surface area contributed by atoms with Crippen molar-refractivity contribution in [3.8, 4) is 0 Å². The molecule has 4 rings (SSSR count). The van der Waals surface area contributed by atoms with Crippen LogP contribution >= 0.6 is 34.3 Å². The molecular formula is C21H20ClN3O6S3. The number of methoxy groups -OCH3 is 1. The van der Waals surface area contributed by atoms with Crippen molar-refractivity contribution in [3.05, 3.63) is 44.0 Å². The first-order valence-corrected chi connectivity index (χ1v) is 14.0. The number of amides is 2. The van der Waals surface area contributed by atoms with E-state index >= 15 is 0 Å². The lowest BCUT2D eigenvalue weighted by molar-refractivity contribution is -0.115. The zero-order valence-electron chi connectivity index (χ0n) is 18.2. The normalized spacial score (nSPS) is 13.8. The van der Waals surface area contributed by atoms with Crippen LogP contribution < -0.4 is 10.1 Å². The van der Waals surface area contributed by atoms with Gasteiger partial charge in [-0.15, -0.1) is 11.3 Å². The van der Waals surface area contributed by atoms with Gasteiger partial charge in [0.2, 0.25) is 5.91 Å². The van der Waals surface area contributed by atoms with Gasteiger partial charge < -0.3 is 14.6 Å². The number of carbonyl (C=O) groups is 3. The zero-order chi connectivity index (χ0) is 24.6. The highest BCUT2D eigenvalue weighted by Gasteiger charge is 2.29. The molecule has 3 aromatic rings. The van der Waals surface area contributed by atoms with Crippen molar-refractivity contribution in [2.75, 3.05) is 23.9 Å². The van der Waals surface area contributed by atoms with E-state index in [9.17, 15) is 22.8 Å². The summed E-state index contributed by atoms with van der Waals surface area (Å²) in [6.45, 7) is 0. The monoisotopic (exact) mass is 541 g/mol. The van der Waals surface area contributed by atoms with Crippen LogP contribution in [0, 0.1) is 0 Å². The molecule has 1 aliphatic rings. The van der Waals surface area contributed by atoms with Gasteiger partial charge in [0.25, 0.3) is 5.91 Å². The van der Waals surface area contributed by atoms with Crippen LogP contribution in [0.1, 0.15) is 27.2 Å². The zero-order valence-corrected chi connectivity index (χ0v) is 21.4. The number of halogens is 1. The van der Waals surface area contributed by atoms with Gasteiger partial charge in [-0.2, -0.15) is 4.99 Å². The quantitative estimate of drug-likeness (QED) is 0.478. The molecule has 34 heavy (non-hydrogen) atoms. The van der Waals surface area contributed by atoms with E-state index in [-0.39, 0.29) is 10.6 Å². The summed E-state index contributed by atoms with van der Waals surface area (Å²) in [4.78, 5) is 42.2. The second kappa shape index (κ2) is 9.61. The van der Waals surface area contributed by atoms with E-state index in [4.69, 9.17) is 16.3 Å². The Hall–Kier alpha value is -2.54. The van der Waals surface area contributed by atoms with Gasteiger partial charge in [-0.05, 0) is 43.0 Å². The molecule has 2 heterocycles. The van der Waals surface area contributed by atoms with Gasteiger partial charge >= 0.3 is 5.97 Å². The SMILES string of the molecule is COC(=O)c1c(NC(=O)CS(=O)(=O)CC(=O)N=c2sc3cc(Cl)ccc3n2C)sc2c1CCC2. The number of benzene rings is 1. The van der Waals surface area contributed by atoms with Crippen molar-refractivity contribution in [1.29, 1.82) is 0 Å². The molecule has 1 aliphatic carbocycles. The number of nitrogens with one attached hydrogen (secondary N) is 1. The number of carbonyl (C=O) groups excluding carboxylic acids is 3. The van der Waals surface area contributed by atoms with Crippen LogP contribution in [0.2, 0.25) is 5.02 Å². The van der Waals surface area contributed by atoms with E-state index in [1.165, 1.54) is 29.8 Å². The average Bonchev–Trinajstić information content (AvgIpc) is 3.40. The largest absolute Gasteiger partial charge is 0.465 e. The van der Waals surface area contributed by atoms with Gasteiger partial charge in [-0.3, -0.25) is 9.59 Å². The molecule has 9 nitrogen and oxygen atoms in total. The predicted octanol–water partition coefficient (Wildman–Crippen LogP) is 2.71. The second-order valence-electron chi connectivity index (χ2n) is 7.69. The van der Waals surface area contributed by atoms with Crippen LogP contribution in [-0.2, 0) is 44.1 Å². The van der Waals surface area contributed by atoms with Crippen molar-refractivity contribution >= 4 is 77.1 Å². The fraction of sp³-hybridized carbons (Fsp3) is 0.333. The van der Waals surface area contributed by atoms with E-state index in [1.54, 1.807) is 29.8 Å². The summed E-state index contributed by atoms with van der Waals surface area (Å²) in [6.07, 6.45) is 2.39. The number of hydrogen-bond acceptors (Lipinski definition) is 8. The smallest absolute Gasteiger partial charge is 0.341 e. The summed E-state index contributed by atoms with van der Waals surface area (Å²) < 4.78 is 32.3. The molecule has 0 bridgehead atoms. The highest BCUT2D eigenvalue weighted by Crippen LogP contribution is 2.39. The molecule has 0 atom stereocenters. The van der Waals surface area contributed by atoms with E-state index < -0.39 is 39.1 Å². The number of sulfone groups is 1. The number of fused-ring (bicyclic) bond motifs is 2. The maximum Gasteiger partial charge on any atom is 0.341 e. The Bertz CT molecular complexity index is 1500.